The molecule has 2 unspecified atom stereocenters. The summed E-state index contributed by atoms with van der Waals surface area (Å²) in [5, 5.41) is 0. The van der Waals surface area contributed by atoms with E-state index in [0.29, 0.717) is 0 Å². The standard InChI is InChI=1S/C8H16/c1-4-8-5-6(2)7(8)3/h6-8H,4-5H2,1-3H3/t6?,7-,8?/m1/s1. The van der Waals surface area contributed by atoms with Crippen molar-refractivity contribution in [3.05, 3.63) is 0 Å². The van der Waals surface area contributed by atoms with Crippen LogP contribution in [0.5, 0.6) is 0 Å². The molecule has 0 N–H and O–H groups in total. The average molecular weight is 112 g/mol. The first-order chi connectivity index (χ1) is 3.75. The smallest absolute Gasteiger partial charge is 0.0386 e. The predicted molar refractivity (Wildman–Crippen MR) is 36.7 cm³/mol. The van der Waals surface area contributed by atoms with E-state index in [4.69, 9.17) is 0 Å². The van der Waals surface area contributed by atoms with Crippen LogP contribution in [-0.4, -0.2) is 0 Å². The fraction of sp³-hybridized carbons (Fsp3) is 1.00. The van der Waals surface area contributed by atoms with Gasteiger partial charge in [0.15, 0.2) is 0 Å². The monoisotopic (exact) mass is 112 g/mol. The van der Waals surface area contributed by atoms with Crippen molar-refractivity contribution >= 4 is 0 Å². The van der Waals surface area contributed by atoms with Crippen LogP contribution in [0.2, 0.25) is 0 Å². The van der Waals surface area contributed by atoms with E-state index in [0.717, 1.165) is 17.8 Å². The lowest BCUT2D eigenvalue weighted by Crippen LogP contribution is -2.31. The molecule has 3 atom stereocenters. The van der Waals surface area contributed by atoms with Crippen molar-refractivity contribution in [2.45, 2.75) is 33.6 Å². The Morgan fingerprint density at radius 3 is 2.12 bits per heavy atom. The highest BCUT2D eigenvalue weighted by atomic mass is 14.4. The van der Waals surface area contributed by atoms with E-state index in [2.05, 4.69) is 20.8 Å². The molecule has 1 saturated carbocycles. The fourth-order valence-corrected chi connectivity index (χ4v) is 1.71. The van der Waals surface area contributed by atoms with Gasteiger partial charge in [-0.05, 0) is 24.2 Å². The Kier molecular flexibility index (Phi) is 1.59. The number of hydrogen-bond acceptors (Lipinski definition) is 0. The summed E-state index contributed by atoms with van der Waals surface area (Å²) in [7, 11) is 0. The summed E-state index contributed by atoms with van der Waals surface area (Å²) in [4.78, 5) is 0. The normalized spacial score (nSPS) is 46.1. The van der Waals surface area contributed by atoms with Crippen molar-refractivity contribution < 1.29 is 0 Å². The van der Waals surface area contributed by atoms with Crippen molar-refractivity contribution in [1.82, 2.24) is 0 Å². The van der Waals surface area contributed by atoms with Crippen LogP contribution in [0.25, 0.3) is 0 Å². The Balaban J connectivity index is 2.25. The van der Waals surface area contributed by atoms with Gasteiger partial charge in [0, 0.05) is 0 Å². The van der Waals surface area contributed by atoms with E-state index in [-0.39, 0.29) is 0 Å². The van der Waals surface area contributed by atoms with Crippen LogP contribution in [0.3, 0.4) is 0 Å². The summed E-state index contributed by atoms with van der Waals surface area (Å²) in [6, 6.07) is 0. The Bertz CT molecular complexity index is 76.1. The Morgan fingerprint density at radius 1 is 1.38 bits per heavy atom. The third kappa shape index (κ3) is 0.765. The Labute approximate surface area is 52.3 Å². The van der Waals surface area contributed by atoms with Gasteiger partial charge in [0.2, 0.25) is 0 Å². The minimum Gasteiger partial charge on any atom is -0.0651 e. The Hall–Kier alpha value is 0. The lowest BCUT2D eigenvalue weighted by atomic mass is 9.66. The summed E-state index contributed by atoms with van der Waals surface area (Å²) in [5.41, 5.74) is 0. The van der Waals surface area contributed by atoms with Gasteiger partial charge in [0.05, 0.1) is 0 Å². The molecule has 1 rings (SSSR count). The van der Waals surface area contributed by atoms with E-state index in [1.54, 1.807) is 0 Å². The molecule has 0 aliphatic heterocycles. The molecule has 0 aromatic carbocycles. The molecule has 0 nitrogen and oxygen atoms in total. The van der Waals surface area contributed by atoms with Gasteiger partial charge < -0.3 is 0 Å². The minimum absolute atomic E-state index is 1.01. The SMILES string of the molecule is CCC1CC(C)[C@H]1C. The van der Waals surface area contributed by atoms with Gasteiger partial charge in [-0.25, -0.2) is 0 Å². The highest BCUT2D eigenvalue weighted by molar-refractivity contribution is 4.82. The molecule has 0 heteroatoms. The second-order valence-corrected chi connectivity index (χ2v) is 3.24. The summed E-state index contributed by atoms with van der Waals surface area (Å²) in [6.45, 7) is 7.03. The molecular weight excluding hydrogens is 96.1 g/mol. The van der Waals surface area contributed by atoms with Gasteiger partial charge in [-0.2, -0.15) is 0 Å². The highest BCUT2D eigenvalue weighted by Crippen LogP contribution is 2.41. The average Bonchev–Trinajstić information content (AvgIpc) is 1.81. The van der Waals surface area contributed by atoms with Crippen molar-refractivity contribution in [2.75, 3.05) is 0 Å². The molecule has 0 aromatic heterocycles. The molecule has 0 spiro atoms. The third-order valence-corrected chi connectivity index (χ3v) is 2.84. The lowest BCUT2D eigenvalue weighted by molar-refractivity contribution is 0.0998. The van der Waals surface area contributed by atoms with Crippen LogP contribution < -0.4 is 0 Å². The van der Waals surface area contributed by atoms with Gasteiger partial charge in [0.1, 0.15) is 0 Å². The summed E-state index contributed by atoms with van der Waals surface area (Å²) >= 11 is 0. The molecule has 0 saturated heterocycles. The summed E-state index contributed by atoms with van der Waals surface area (Å²) in [5.74, 6) is 3.09. The zero-order valence-electron chi connectivity index (χ0n) is 6.15. The predicted octanol–water partition coefficient (Wildman–Crippen LogP) is 2.69. The van der Waals surface area contributed by atoms with Crippen molar-refractivity contribution in [3.8, 4) is 0 Å². The maximum absolute atomic E-state index is 2.38. The van der Waals surface area contributed by atoms with Gasteiger partial charge in [-0.1, -0.05) is 27.2 Å². The van der Waals surface area contributed by atoms with E-state index in [1.165, 1.54) is 12.8 Å². The zero-order valence-corrected chi connectivity index (χ0v) is 6.15. The molecule has 0 heterocycles. The first kappa shape index (κ1) is 6.12. The maximum Gasteiger partial charge on any atom is -0.0386 e. The van der Waals surface area contributed by atoms with Crippen molar-refractivity contribution in [2.24, 2.45) is 17.8 Å². The summed E-state index contributed by atoms with van der Waals surface area (Å²) < 4.78 is 0. The molecular formula is C8H16. The molecule has 8 heavy (non-hydrogen) atoms. The second-order valence-electron chi connectivity index (χ2n) is 3.24. The van der Waals surface area contributed by atoms with Crippen molar-refractivity contribution in [3.63, 3.8) is 0 Å². The molecule has 1 aliphatic rings. The largest absolute Gasteiger partial charge is 0.0651 e. The fourth-order valence-electron chi connectivity index (χ4n) is 1.71. The van der Waals surface area contributed by atoms with E-state index >= 15 is 0 Å². The molecule has 0 amide bonds. The van der Waals surface area contributed by atoms with Crippen LogP contribution in [0.4, 0.5) is 0 Å². The van der Waals surface area contributed by atoms with E-state index in [1.807, 2.05) is 0 Å². The maximum atomic E-state index is 2.38. The van der Waals surface area contributed by atoms with Crippen LogP contribution >= 0.6 is 0 Å². The highest BCUT2D eigenvalue weighted by Gasteiger charge is 2.32. The quantitative estimate of drug-likeness (QED) is 0.489. The van der Waals surface area contributed by atoms with Gasteiger partial charge in [0.25, 0.3) is 0 Å². The topological polar surface area (TPSA) is 0 Å². The van der Waals surface area contributed by atoms with E-state index < -0.39 is 0 Å². The zero-order chi connectivity index (χ0) is 6.15. The van der Waals surface area contributed by atoms with Crippen LogP contribution in [0.15, 0.2) is 0 Å². The second kappa shape index (κ2) is 2.08. The third-order valence-electron chi connectivity index (χ3n) is 2.84. The van der Waals surface area contributed by atoms with E-state index in [9.17, 15) is 0 Å². The molecule has 1 aliphatic carbocycles. The minimum atomic E-state index is 1.01. The Morgan fingerprint density at radius 2 is 2.00 bits per heavy atom. The molecule has 0 bridgehead atoms. The van der Waals surface area contributed by atoms with Crippen molar-refractivity contribution in [1.29, 1.82) is 0 Å². The molecule has 48 valence electrons. The van der Waals surface area contributed by atoms with Crippen LogP contribution in [0, 0.1) is 17.8 Å². The molecule has 0 aromatic rings. The lowest BCUT2D eigenvalue weighted by Gasteiger charge is -2.40. The van der Waals surface area contributed by atoms with Gasteiger partial charge in [-0.3, -0.25) is 0 Å². The first-order valence-corrected chi connectivity index (χ1v) is 3.75. The van der Waals surface area contributed by atoms with Gasteiger partial charge >= 0.3 is 0 Å². The van der Waals surface area contributed by atoms with Crippen LogP contribution in [0.1, 0.15) is 33.6 Å². The first-order valence-electron chi connectivity index (χ1n) is 3.75. The van der Waals surface area contributed by atoms with Gasteiger partial charge in [-0.15, -0.1) is 0 Å². The molecule has 0 radical (unpaired) electrons. The number of hydrogen-bond donors (Lipinski definition) is 0. The molecule has 1 fully saturated rings. The summed E-state index contributed by atoms with van der Waals surface area (Å²) in [6.07, 6.45) is 2.88. The number of rotatable bonds is 1. The van der Waals surface area contributed by atoms with Crippen LogP contribution in [-0.2, 0) is 0 Å².